The molecule has 0 unspecified atom stereocenters. The molecule has 0 atom stereocenters. The van der Waals surface area contributed by atoms with Crippen LogP contribution in [-0.4, -0.2) is 11.8 Å². The van der Waals surface area contributed by atoms with E-state index in [1.807, 2.05) is 18.2 Å². The predicted octanol–water partition coefficient (Wildman–Crippen LogP) is 3.73. The SMILES string of the molecule is CCC1(CC)N=C(CCl)Oc2ccccc21. The molecule has 0 fully saturated rings. The fourth-order valence-corrected chi connectivity index (χ4v) is 2.35. The standard InChI is InChI=1S/C13H16ClNO/c1-3-13(4-2)10-7-5-6-8-11(10)16-12(9-14)15-13/h5-8H,3-4,9H2,1-2H3. The maximum Gasteiger partial charge on any atom is 0.206 e. The zero-order valence-corrected chi connectivity index (χ0v) is 10.4. The molecule has 86 valence electrons. The molecule has 0 N–H and O–H groups in total. The number of halogens is 1. The van der Waals surface area contributed by atoms with Gasteiger partial charge in [0.2, 0.25) is 5.90 Å². The molecular formula is C13H16ClNO. The third kappa shape index (κ3) is 1.71. The molecule has 1 aromatic rings. The van der Waals surface area contributed by atoms with Crippen molar-refractivity contribution in [1.29, 1.82) is 0 Å². The smallest absolute Gasteiger partial charge is 0.206 e. The summed E-state index contributed by atoms with van der Waals surface area (Å²) in [5.74, 6) is 1.86. The molecule has 1 aliphatic rings. The second-order valence-corrected chi connectivity index (χ2v) is 4.24. The first-order valence-corrected chi connectivity index (χ1v) is 6.21. The maximum absolute atomic E-state index is 5.83. The van der Waals surface area contributed by atoms with Gasteiger partial charge in [0.05, 0.1) is 11.4 Å². The Bertz CT molecular complexity index is 410. The molecule has 2 rings (SSSR count). The van der Waals surface area contributed by atoms with Gasteiger partial charge in [-0.05, 0) is 18.9 Å². The molecule has 0 spiro atoms. The van der Waals surface area contributed by atoms with Crippen LogP contribution >= 0.6 is 11.6 Å². The van der Waals surface area contributed by atoms with Crippen molar-refractivity contribution in [3.63, 3.8) is 0 Å². The first kappa shape index (κ1) is 11.5. The van der Waals surface area contributed by atoms with Crippen LogP contribution in [0.25, 0.3) is 0 Å². The van der Waals surface area contributed by atoms with Gasteiger partial charge >= 0.3 is 0 Å². The zero-order chi connectivity index (χ0) is 11.6. The molecule has 2 nitrogen and oxygen atoms in total. The minimum atomic E-state index is -0.154. The lowest BCUT2D eigenvalue weighted by Gasteiger charge is -2.34. The fraction of sp³-hybridized carbons (Fsp3) is 0.462. The van der Waals surface area contributed by atoms with E-state index in [0.29, 0.717) is 11.8 Å². The first-order chi connectivity index (χ1) is 7.75. The Morgan fingerprint density at radius 3 is 2.56 bits per heavy atom. The van der Waals surface area contributed by atoms with Gasteiger partial charge in [0, 0.05) is 5.56 Å². The van der Waals surface area contributed by atoms with Gasteiger partial charge in [-0.2, -0.15) is 0 Å². The van der Waals surface area contributed by atoms with Gasteiger partial charge in [0.25, 0.3) is 0 Å². The van der Waals surface area contributed by atoms with Crippen LogP contribution in [0.1, 0.15) is 32.3 Å². The Morgan fingerprint density at radius 1 is 1.25 bits per heavy atom. The molecule has 0 saturated heterocycles. The number of rotatable bonds is 3. The molecule has 16 heavy (non-hydrogen) atoms. The summed E-state index contributed by atoms with van der Waals surface area (Å²) in [6.07, 6.45) is 1.93. The summed E-state index contributed by atoms with van der Waals surface area (Å²) < 4.78 is 5.66. The summed E-state index contributed by atoms with van der Waals surface area (Å²) in [7, 11) is 0. The fourth-order valence-electron chi connectivity index (χ4n) is 2.23. The Labute approximate surface area is 101 Å². The second kappa shape index (κ2) is 4.46. The van der Waals surface area contributed by atoms with Crippen LogP contribution in [0.4, 0.5) is 0 Å². The van der Waals surface area contributed by atoms with E-state index in [1.54, 1.807) is 0 Å². The Kier molecular flexibility index (Phi) is 3.20. The van der Waals surface area contributed by atoms with E-state index in [0.717, 1.165) is 18.6 Å². The van der Waals surface area contributed by atoms with Gasteiger partial charge in [0.15, 0.2) is 0 Å². The Hall–Kier alpha value is -1.02. The van der Waals surface area contributed by atoms with Crippen LogP contribution in [0.3, 0.4) is 0 Å². The van der Waals surface area contributed by atoms with Crippen LogP contribution in [-0.2, 0) is 5.54 Å². The number of benzene rings is 1. The highest BCUT2D eigenvalue weighted by Crippen LogP contribution is 2.41. The first-order valence-electron chi connectivity index (χ1n) is 5.67. The average Bonchev–Trinajstić information content (AvgIpc) is 2.37. The average molecular weight is 238 g/mol. The molecule has 1 aromatic carbocycles. The minimum Gasteiger partial charge on any atom is -0.442 e. The van der Waals surface area contributed by atoms with Crippen LogP contribution in [0.15, 0.2) is 29.3 Å². The van der Waals surface area contributed by atoms with E-state index in [-0.39, 0.29) is 5.54 Å². The van der Waals surface area contributed by atoms with Crippen molar-refractivity contribution in [2.45, 2.75) is 32.2 Å². The maximum atomic E-state index is 5.83. The third-order valence-corrected chi connectivity index (χ3v) is 3.47. The van der Waals surface area contributed by atoms with E-state index >= 15 is 0 Å². The largest absolute Gasteiger partial charge is 0.442 e. The van der Waals surface area contributed by atoms with E-state index < -0.39 is 0 Å². The molecule has 3 heteroatoms. The monoisotopic (exact) mass is 237 g/mol. The summed E-state index contributed by atoms with van der Waals surface area (Å²) >= 11 is 5.83. The van der Waals surface area contributed by atoms with E-state index in [2.05, 4.69) is 24.9 Å². The van der Waals surface area contributed by atoms with Gasteiger partial charge in [-0.25, -0.2) is 4.99 Å². The highest BCUT2D eigenvalue weighted by Gasteiger charge is 2.34. The van der Waals surface area contributed by atoms with Crippen LogP contribution in [0, 0.1) is 0 Å². The molecular weight excluding hydrogens is 222 g/mol. The summed E-state index contributed by atoms with van der Waals surface area (Å²) in [5, 5.41) is 0. The third-order valence-electron chi connectivity index (χ3n) is 3.24. The molecule has 1 aliphatic heterocycles. The Morgan fingerprint density at radius 2 is 1.94 bits per heavy atom. The number of nitrogens with zero attached hydrogens (tertiary/aromatic N) is 1. The molecule has 1 heterocycles. The van der Waals surface area contributed by atoms with Crippen molar-refractivity contribution in [3.05, 3.63) is 29.8 Å². The summed E-state index contributed by atoms with van der Waals surface area (Å²) in [6.45, 7) is 4.31. The van der Waals surface area contributed by atoms with Crippen molar-refractivity contribution in [2.24, 2.45) is 4.99 Å². The van der Waals surface area contributed by atoms with Crippen LogP contribution in [0.2, 0.25) is 0 Å². The second-order valence-electron chi connectivity index (χ2n) is 3.98. The quantitative estimate of drug-likeness (QED) is 0.734. The minimum absolute atomic E-state index is 0.154. The summed E-state index contributed by atoms with van der Waals surface area (Å²) in [4.78, 5) is 4.67. The molecule has 0 amide bonds. The van der Waals surface area contributed by atoms with Crippen molar-refractivity contribution in [2.75, 3.05) is 5.88 Å². The Balaban J connectivity index is 2.55. The molecule has 0 aliphatic carbocycles. The van der Waals surface area contributed by atoms with E-state index in [4.69, 9.17) is 16.3 Å². The lowest BCUT2D eigenvalue weighted by Crippen LogP contribution is -2.31. The lowest BCUT2D eigenvalue weighted by molar-refractivity contribution is 0.362. The predicted molar refractivity (Wildman–Crippen MR) is 67.5 cm³/mol. The highest BCUT2D eigenvalue weighted by atomic mass is 35.5. The van der Waals surface area contributed by atoms with Gasteiger partial charge in [0.1, 0.15) is 5.75 Å². The number of alkyl halides is 1. The number of ether oxygens (including phenoxy) is 1. The van der Waals surface area contributed by atoms with E-state index in [9.17, 15) is 0 Å². The van der Waals surface area contributed by atoms with Gasteiger partial charge < -0.3 is 4.74 Å². The van der Waals surface area contributed by atoms with E-state index in [1.165, 1.54) is 5.56 Å². The number of hydrogen-bond acceptors (Lipinski definition) is 2. The van der Waals surface area contributed by atoms with Gasteiger partial charge in [-0.1, -0.05) is 32.0 Å². The van der Waals surface area contributed by atoms with Gasteiger partial charge in [-0.3, -0.25) is 0 Å². The van der Waals surface area contributed by atoms with Crippen LogP contribution in [0.5, 0.6) is 5.75 Å². The lowest BCUT2D eigenvalue weighted by atomic mass is 9.84. The normalized spacial score (nSPS) is 17.3. The highest BCUT2D eigenvalue weighted by molar-refractivity contribution is 6.27. The molecule has 0 saturated carbocycles. The van der Waals surface area contributed by atoms with Gasteiger partial charge in [-0.15, -0.1) is 11.6 Å². The zero-order valence-electron chi connectivity index (χ0n) is 9.66. The van der Waals surface area contributed by atoms with Crippen LogP contribution < -0.4 is 4.74 Å². The van der Waals surface area contributed by atoms with Crippen molar-refractivity contribution >= 4 is 17.5 Å². The van der Waals surface area contributed by atoms with Crippen molar-refractivity contribution in [3.8, 4) is 5.75 Å². The molecule has 0 bridgehead atoms. The number of hydrogen-bond donors (Lipinski definition) is 0. The number of aliphatic imine (C=N–C) groups is 1. The summed E-state index contributed by atoms with van der Waals surface area (Å²) in [5.41, 5.74) is 1.02. The summed E-state index contributed by atoms with van der Waals surface area (Å²) in [6, 6.07) is 8.09. The number of fused-ring (bicyclic) bond motifs is 1. The molecule has 0 radical (unpaired) electrons. The van der Waals surface area contributed by atoms with Crippen molar-refractivity contribution in [1.82, 2.24) is 0 Å². The topological polar surface area (TPSA) is 21.6 Å². The molecule has 0 aromatic heterocycles. The number of para-hydroxylation sites is 1. The van der Waals surface area contributed by atoms with Crippen molar-refractivity contribution < 1.29 is 4.74 Å².